The molecule has 0 saturated carbocycles. The van der Waals surface area contributed by atoms with Gasteiger partial charge < -0.3 is 4.79 Å². The van der Waals surface area contributed by atoms with Crippen LogP contribution in [-0.2, 0) is 11.2 Å². The second-order valence-electron chi connectivity index (χ2n) is 1.72. The summed E-state index contributed by atoms with van der Waals surface area (Å²) in [4.78, 5) is 9.96. The number of aldehydes is 1. The van der Waals surface area contributed by atoms with E-state index in [0.717, 1.165) is 6.29 Å². The van der Waals surface area contributed by atoms with Gasteiger partial charge in [0.1, 0.15) is 6.29 Å². The molecule has 0 radical (unpaired) electrons. The summed E-state index contributed by atoms with van der Waals surface area (Å²) in [5, 5.41) is 7.55. The Morgan fingerprint density at radius 1 is 1.50 bits per heavy atom. The molecule has 10 heavy (non-hydrogen) atoms. The maximum atomic E-state index is 9.96. The van der Waals surface area contributed by atoms with Crippen LogP contribution in [0, 0.1) is 0 Å². The standard InChI is InChI=1S/C6H5ClN2O/c7-6-2-1-5(3-4-10)8-9-6/h1-2,4H,3H2. The monoisotopic (exact) mass is 156 g/mol. The van der Waals surface area contributed by atoms with Crippen LogP contribution >= 0.6 is 11.6 Å². The summed E-state index contributed by atoms with van der Waals surface area (Å²) < 4.78 is 0. The highest BCUT2D eigenvalue weighted by Crippen LogP contribution is 2.01. The topological polar surface area (TPSA) is 42.9 Å². The highest BCUT2D eigenvalue weighted by atomic mass is 35.5. The predicted octanol–water partition coefficient (Wildman–Crippen LogP) is 0.871. The molecule has 4 heteroatoms. The van der Waals surface area contributed by atoms with E-state index in [4.69, 9.17) is 11.6 Å². The number of halogens is 1. The molecule has 52 valence electrons. The van der Waals surface area contributed by atoms with Crippen molar-refractivity contribution in [2.75, 3.05) is 0 Å². The molecule has 0 bridgehead atoms. The zero-order valence-electron chi connectivity index (χ0n) is 5.12. The predicted molar refractivity (Wildman–Crippen MR) is 36.8 cm³/mol. The Morgan fingerprint density at radius 2 is 2.30 bits per heavy atom. The van der Waals surface area contributed by atoms with Crippen LogP contribution < -0.4 is 0 Å². The van der Waals surface area contributed by atoms with E-state index in [2.05, 4.69) is 10.2 Å². The van der Waals surface area contributed by atoms with Crippen molar-refractivity contribution in [1.82, 2.24) is 10.2 Å². The van der Waals surface area contributed by atoms with Gasteiger partial charge >= 0.3 is 0 Å². The molecule has 0 N–H and O–H groups in total. The highest BCUT2D eigenvalue weighted by Gasteiger charge is 1.92. The van der Waals surface area contributed by atoms with E-state index in [1.165, 1.54) is 0 Å². The Balaban J connectivity index is 2.78. The average molecular weight is 157 g/mol. The molecular formula is C6H5ClN2O. The van der Waals surface area contributed by atoms with Crippen molar-refractivity contribution >= 4 is 17.9 Å². The SMILES string of the molecule is O=CCc1ccc(Cl)nn1. The van der Waals surface area contributed by atoms with Gasteiger partial charge in [-0.15, -0.1) is 5.10 Å². The molecule has 0 saturated heterocycles. The third-order valence-electron chi connectivity index (χ3n) is 0.980. The molecule has 0 aliphatic heterocycles. The van der Waals surface area contributed by atoms with Crippen LogP contribution in [0.2, 0.25) is 5.15 Å². The van der Waals surface area contributed by atoms with Crippen molar-refractivity contribution < 1.29 is 4.79 Å². The van der Waals surface area contributed by atoms with Gasteiger partial charge in [0.05, 0.1) is 5.69 Å². The van der Waals surface area contributed by atoms with Crippen molar-refractivity contribution in [1.29, 1.82) is 0 Å². The summed E-state index contributed by atoms with van der Waals surface area (Å²) in [7, 11) is 0. The molecule has 1 rings (SSSR count). The van der Waals surface area contributed by atoms with E-state index < -0.39 is 0 Å². The molecule has 0 aliphatic rings. The minimum Gasteiger partial charge on any atom is -0.303 e. The third-order valence-corrected chi connectivity index (χ3v) is 1.18. The summed E-state index contributed by atoms with van der Waals surface area (Å²) in [6.07, 6.45) is 1.07. The summed E-state index contributed by atoms with van der Waals surface area (Å²) >= 11 is 5.45. The van der Waals surface area contributed by atoms with Gasteiger partial charge in [-0.05, 0) is 12.1 Å². The van der Waals surface area contributed by atoms with Crippen molar-refractivity contribution in [2.45, 2.75) is 6.42 Å². The minimum absolute atomic E-state index is 0.296. The first-order valence-electron chi connectivity index (χ1n) is 2.74. The Labute approximate surface area is 63.0 Å². The highest BCUT2D eigenvalue weighted by molar-refractivity contribution is 6.29. The van der Waals surface area contributed by atoms with Crippen molar-refractivity contribution in [3.8, 4) is 0 Å². The Kier molecular flexibility index (Phi) is 2.34. The second kappa shape index (κ2) is 3.27. The van der Waals surface area contributed by atoms with Gasteiger partial charge in [0, 0.05) is 6.42 Å². The van der Waals surface area contributed by atoms with Gasteiger partial charge in [-0.25, -0.2) is 0 Å². The molecule has 0 fully saturated rings. The fraction of sp³-hybridized carbons (Fsp3) is 0.167. The molecule has 3 nitrogen and oxygen atoms in total. The normalized spacial score (nSPS) is 9.30. The van der Waals surface area contributed by atoms with E-state index in [1.54, 1.807) is 12.1 Å². The molecule has 0 unspecified atom stereocenters. The van der Waals surface area contributed by atoms with Gasteiger partial charge in [-0.1, -0.05) is 11.6 Å². The van der Waals surface area contributed by atoms with Crippen molar-refractivity contribution in [2.24, 2.45) is 0 Å². The van der Waals surface area contributed by atoms with Crippen LogP contribution in [0.15, 0.2) is 12.1 Å². The molecular weight excluding hydrogens is 152 g/mol. The lowest BCUT2D eigenvalue weighted by Crippen LogP contribution is -1.92. The van der Waals surface area contributed by atoms with E-state index in [0.29, 0.717) is 17.3 Å². The molecule has 0 amide bonds. The Morgan fingerprint density at radius 3 is 2.80 bits per heavy atom. The lowest BCUT2D eigenvalue weighted by atomic mass is 10.3. The first kappa shape index (κ1) is 7.15. The lowest BCUT2D eigenvalue weighted by molar-refractivity contribution is -0.107. The molecule has 1 aromatic heterocycles. The smallest absolute Gasteiger partial charge is 0.151 e. The van der Waals surface area contributed by atoms with Gasteiger partial charge in [0.25, 0.3) is 0 Å². The van der Waals surface area contributed by atoms with Crippen LogP contribution in [0.4, 0.5) is 0 Å². The number of carbonyl (C=O) groups is 1. The van der Waals surface area contributed by atoms with Crippen molar-refractivity contribution in [3.63, 3.8) is 0 Å². The van der Waals surface area contributed by atoms with Crippen LogP contribution in [0.1, 0.15) is 5.69 Å². The fourth-order valence-corrected chi connectivity index (χ4v) is 0.639. The second-order valence-corrected chi connectivity index (χ2v) is 2.11. The van der Waals surface area contributed by atoms with Gasteiger partial charge in [0.15, 0.2) is 5.15 Å². The molecule has 0 spiro atoms. The minimum atomic E-state index is 0.296. The molecule has 0 atom stereocenters. The van der Waals surface area contributed by atoms with E-state index >= 15 is 0 Å². The first-order chi connectivity index (χ1) is 4.83. The summed E-state index contributed by atoms with van der Waals surface area (Å²) in [5.74, 6) is 0. The van der Waals surface area contributed by atoms with Gasteiger partial charge in [-0.3, -0.25) is 0 Å². The van der Waals surface area contributed by atoms with Gasteiger partial charge in [-0.2, -0.15) is 5.10 Å². The quantitative estimate of drug-likeness (QED) is 0.597. The Hall–Kier alpha value is -0.960. The maximum absolute atomic E-state index is 9.96. The summed E-state index contributed by atoms with van der Waals surface area (Å²) in [6.45, 7) is 0. The number of carbonyl (C=O) groups excluding carboxylic acids is 1. The first-order valence-corrected chi connectivity index (χ1v) is 3.12. The fourth-order valence-electron chi connectivity index (χ4n) is 0.538. The average Bonchev–Trinajstić information content (AvgIpc) is 1.95. The largest absolute Gasteiger partial charge is 0.303 e. The van der Waals surface area contributed by atoms with Crippen LogP contribution in [-0.4, -0.2) is 16.5 Å². The summed E-state index contributed by atoms with van der Waals surface area (Å²) in [6, 6.07) is 3.27. The zero-order chi connectivity index (χ0) is 7.40. The van der Waals surface area contributed by atoms with E-state index in [1.807, 2.05) is 0 Å². The number of hydrogen-bond acceptors (Lipinski definition) is 3. The molecule has 1 heterocycles. The lowest BCUT2D eigenvalue weighted by Gasteiger charge is -1.90. The van der Waals surface area contributed by atoms with Crippen LogP contribution in [0.25, 0.3) is 0 Å². The third kappa shape index (κ3) is 1.77. The van der Waals surface area contributed by atoms with E-state index in [9.17, 15) is 4.79 Å². The van der Waals surface area contributed by atoms with Crippen LogP contribution in [0.5, 0.6) is 0 Å². The summed E-state index contributed by atoms with van der Waals surface area (Å²) in [5.41, 5.74) is 0.638. The zero-order valence-corrected chi connectivity index (χ0v) is 5.88. The molecule has 0 aliphatic carbocycles. The molecule has 0 aromatic carbocycles. The number of aromatic nitrogens is 2. The number of nitrogens with zero attached hydrogens (tertiary/aromatic N) is 2. The Bertz CT molecular complexity index is 222. The molecule has 1 aromatic rings. The number of hydrogen-bond donors (Lipinski definition) is 0. The van der Waals surface area contributed by atoms with E-state index in [-0.39, 0.29) is 0 Å². The maximum Gasteiger partial charge on any atom is 0.151 e. The van der Waals surface area contributed by atoms with Crippen molar-refractivity contribution in [3.05, 3.63) is 23.0 Å². The van der Waals surface area contributed by atoms with Crippen LogP contribution in [0.3, 0.4) is 0 Å². The van der Waals surface area contributed by atoms with Gasteiger partial charge in [0.2, 0.25) is 0 Å². The number of rotatable bonds is 2.